The van der Waals surface area contributed by atoms with Crippen LogP contribution in [-0.2, 0) is 4.57 Å². The molecule has 4 heteroatoms. The predicted molar refractivity (Wildman–Crippen MR) is 57.5 cm³/mol. The molecule has 2 nitrogen and oxygen atoms in total. The summed E-state index contributed by atoms with van der Waals surface area (Å²) in [6, 6.07) is 2.06. The first-order valence-corrected chi connectivity index (χ1v) is 7.10. The van der Waals surface area contributed by atoms with Crippen LogP contribution in [0.4, 0.5) is 0 Å². The first kappa shape index (κ1) is 13.0. The highest BCUT2D eigenvalue weighted by Gasteiger charge is 2.40. The molecule has 1 unspecified atom stereocenters. The Morgan fingerprint density at radius 2 is 2.00 bits per heavy atom. The molecule has 0 amide bonds. The predicted octanol–water partition coefficient (Wildman–Crippen LogP) is 3.99. The summed E-state index contributed by atoms with van der Waals surface area (Å²) in [5.74, 6) is 0. The van der Waals surface area contributed by atoms with Gasteiger partial charge in [-0.25, -0.2) is 0 Å². The summed E-state index contributed by atoms with van der Waals surface area (Å²) in [7, 11) is 0. The smallest absolute Gasteiger partial charge is 0.177 e. The molecule has 0 aromatic heterocycles. The van der Waals surface area contributed by atoms with Crippen molar-refractivity contribution in [1.82, 2.24) is 0 Å². The van der Waals surface area contributed by atoms with E-state index in [2.05, 4.69) is 6.07 Å². The molecule has 0 bridgehead atoms. The third-order valence-electron chi connectivity index (χ3n) is 2.34. The topological polar surface area (TPSA) is 40.9 Å². The summed E-state index contributed by atoms with van der Waals surface area (Å²) in [4.78, 5) is 0. The van der Waals surface area contributed by atoms with Gasteiger partial charge in [-0.3, -0.25) is 0 Å². The fraction of sp³-hybridized carbons (Fsp3) is 0.889. The number of rotatable bonds is 4. The standard InChI is InChI=1S/C9H17ClNOP/c1-8(2)13(10,12)9(3,4)6-5-7-11/h8H,5-6H2,1-4H3. The van der Waals surface area contributed by atoms with Gasteiger partial charge in [0.1, 0.15) is 0 Å². The van der Waals surface area contributed by atoms with Gasteiger partial charge in [-0.15, -0.1) is 0 Å². The lowest BCUT2D eigenvalue weighted by Crippen LogP contribution is -2.21. The Kier molecular flexibility index (Phi) is 4.49. The van der Waals surface area contributed by atoms with Crippen LogP contribution in [0.15, 0.2) is 0 Å². The van der Waals surface area contributed by atoms with E-state index in [4.69, 9.17) is 16.5 Å². The molecule has 76 valence electrons. The van der Waals surface area contributed by atoms with Crippen LogP contribution in [0.25, 0.3) is 0 Å². The molecule has 0 saturated carbocycles. The summed E-state index contributed by atoms with van der Waals surface area (Å²) >= 11 is 6.04. The van der Waals surface area contributed by atoms with Gasteiger partial charge in [0, 0.05) is 17.2 Å². The van der Waals surface area contributed by atoms with E-state index in [1.165, 1.54) is 0 Å². The van der Waals surface area contributed by atoms with Gasteiger partial charge < -0.3 is 4.57 Å². The van der Waals surface area contributed by atoms with E-state index in [1.807, 2.05) is 27.7 Å². The molecule has 0 rings (SSSR count). The van der Waals surface area contributed by atoms with E-state index < -0.39 is 11.7 Å². The molecule has 0 aliphatic heterocycles. The van der Waals surface area contributed by atoms with E-state index >= 15 is 0 Å². The molecule has 0 aromatic carbocycles. The molecular weight excluding hydrogens is 205 g/mol. The van der Waals surface area contributed by atoms with Crippen molar-refractivity contribution in [3.8, 4) is 6.07 Å². The molecule has 13 heavy (non-hydrogen) atoms. The summed E-state index contributed by atoms with van der Waals surface area (Å²) in [5, 5.41) is 8.02. The van der Waals surface area contributed by atoms with Gasteiger partial charge in [-0.05, 0) is 6.42 Å². The molecule has 1 atom stereocenters. The summed E-state index contributed by atoms with van der Waals surface area (Å²) in [5.41, 5.74) is -0.0251. The molecule has 0 aromatic rings. The summed E-state index contributed by atoms with van der Waals surface area (Å²) in [6.45, 7) is 4.80. The quantitative estimate of drug-likeness (QED) is 0.674. The van der Waals surface area contributed by atoms with Gasteiger partial charge >= 0.3 is 0 Å². The van der Waals surface area contributed by atoms with E-state index in [1.54, 1.807) is 0 Å². The maximum Gasteiger partial charge on any atom is 0.177 e. The molecule has 0 heterocycles. The van der Waals surface area contributed by atoms with Gasteiger partial charge in [-0.2, -0.15) is 5.26 Å². The monoisotopic (exact) mass is 221 g/mol. The van der Waals surface area contributed by atoms with Crippen molar-refractivity contribution in [3.63, 3.8) is 0 Å². The highest BCUT2D eigenvalue weighted by Crippen LogP contribution is 2.67. The second-order valence-electron chi connectivity index (χ2n) is 4.14. The Hall–Kier alpha value is 0.0100. The van der Waals surface area contributed by atoms with Crippen molar-refractivity contribution in [1.29, 1.82) is 5.26 Å². The van der Waals surface area contributed by atoms with E-state index in [0.717, 1.165) is 0 Å². The minimum Gasteiger partial charge on any atom is -0.306 e. The summed E-state index contributed by atoms with van der Waals surface area (Å²) < 4.78 is 12.1. The average molecular weight is 222 g/mol. The Balaban J connectivity index is 4.63. The maximum absolute atomic E-state index is 12.1. The Bertz CT molecular complexity index is 255. The van der Waals surface area contributed by atoms with Gasteiger partial charge in [0.15, 0.2) is 6.49 Å². The molecule has 0 radical (unpaired) electrons. The molecule has 0 N–H and O–H groups in total. The highest BCUT2D eigenvalue weighted by atomic mass is 35.7. The van der Waals surface area contributed by atoms with Crippen LogP contribution < -0.4 is 0 Å². The average Bonchev–Trinajstić information content (AvgIpc) is 2.00. The fourth-order valence-corrected chi connectivity index (χ4v) is 3.28. The van der Waals surface area contributed by atoms with Crippen molar-refractivity contribution < 1.29 is 4.57 Å². The van der Waals surface area contributed by atoms with Crippen LogP contribution in [0.1, 0.15) is 40.5 Å². The van der Waals surface area contributed by atoms with E-state index in [9.17, 15) is 4.57 Å². The second-order valence-corrected chi connectivity index (χ2v) is 9.05. The zero-order valence-corrected chi connectivity index (χ0v) is 10.3. The SMILES string of the molecule is CC(C)P(=O)(Cl)C(C)(C)CCC#N. The molecule has 0 saturated heterocycles. The van der Waals surface area contributed by atoms with Crippen molar-refractivity contribution in [2.75, 3.05) is 0 Å². The lowest BCUT2D eigenvalue weighted by atomic mass is 10.1. The normalized spacial score (nSPS) is 16.7. The number of halogens is 1. The first-order valence-electron chi connectivity index (χ1n) is 4.42. The third-order valence-corrected chi connectivity index (χ3v) is 8.08. The van der Waals surface area contributed by atoms with Crippen LogP contribution in [-0.4, -0.2) is 10.8 Å². The largest absolute Gasteiger partial charge is 0.306 e. The Morgan fingerprint density at radius 3 is 2.31 bits per heavy atom. The van der Waals surface area contributed by atoms with Crippen molar-refractivity contribution in [2.45, 2.75) is 51.4 Å². The van der Waals surface area contributed by atoms with Crippen LogP contribution >= 0.6 is 17.7 Å². The summed E-state index contributed by atoms with van der Waals surface area (Å²) in [6.07, 6.45) is 1.01. The maximum atomic E-state index is 12.1. The van der Waals surface area contributed by atoms with Crippen LogP contribution in [0.2, 0.25) is 0 Å². The molecule has 0 aliphatic carbocycles. The zero-order chi connectivity index (χ0) is 10.7. The molecule has 0 aliphatic rings. The molecule has 0 fully saturated rings. The lowest BCUT2D eigenvalue weighted by Gasteiger charge is -2.31. The number of nitriles is 1. The lowest BCUT2D eigenvalue weighted by molar-refractivity contribution is 0.529. The third kappa shape index (κ3) is 3.01. The highest BCUT2D eigenvalue weighted by molar-refractivity contribution is 7.90. The Labute approximate surface area is 85.4 Å². The van der Waals surface area contributed by atoms with Crippen molar-refractivity contribution >= 4 is 17.7 Å². The Morgan fingerprint density at radius 1 is 1.54 bits per heavy atom. The van der Waals surface area contributed by atoms with Crippen LogP contribution in [0.5, 0.6) is 0 Å². The molecular formula is C9H17ClNOP. The second kappa shape index (κ2) is 4.49. The zero-order valence-electron chi connectivity index (χ0n) is 8.67. The first-order chi connectivity index (χ1) is 5.75. The van der Waals surface area contributed by atoms with E-state index in [0.29, 0.717) is 12.8 Å². The van der Waals surface area contributed by atoms with Crippen molar-refractivity contribution in [3.05, 3.63) is 0 Å². The van der Waals surface area contributed by atoms with Gasteiger partial charge in [0.25, 0.3) is 0 Å². The number of nitrogens with zero attached hydrogens (tertiary/aromatic N) is 1. The van der Waals surface area contributed by atoms with Gasteiger partial charge in [0.05, 0.1) is 6.07 Å². The van der Waals surface area contributed by atoms with Crippen LogP contribution in [0.3, 0.4) is 0 Å². The fourth-order valence-electron chi connectivity index (χ4n) is 1.21. The van der Waals surface area contributed by atoms with Gasteiger partial charge in [0.2, 0.25) is 0 Å². The van der Waals surface area contributed by atoms with Gasteiger partial charge in [-0.1, -0.05) is 38.9 Å². The number of hydrogen-bond donors (Lipinski definition) is 0. The molecule has 0 spiro atoms. The van der Waals surface area contributed by atoms with E-state index in [-0.39, 0.29) is 5.66 Å². The minimum atomic E-state index is -2.68. The van der Waals surface area contributed by atoms with Crippen LogP contribution in [0, 0.1) is 11.3 Å². The minimum absolute atomic E-state index is 0.0251. The van der Waals surface area contributed by atoms with Crippen molar-refractivity contribution in [2.24, 2.45) is 0 Å². The number of hydrogen-bond acceptors (Lipinski definition) is 2.